The van der Waals surface area contributed by atoms with E-state index in [1.807, 2.05) is 5.57 Å². The van der Waals surface area contributed by atoms with Crippen LogP contribution >= 0.6 is 0 Å². The smallest absolute Gasteiger partial charge is 0.0602 e. The molecule has 0 aromatic heterocycles. The predicted octanol–water partition coefficient (Wildman–Crippen LogP) is 9.51. The van der Waals surface area contributed by atoms with Gasteiger partial charge in [0.05, 0.1) is 6.10 Å². The molecule has 5 saturated carbocycles. The summed E-state index contributed by atoms with van der Waals surface area (Å²) in [6.07, 6.45) is 24.1. The first-order valence-corrected chi connectivity index (χ1v) is 16.2. The summed E-state index contributed by atoms with van der Waals surface area (Å²) < 4.78 is 0. The molecule has 1 nitrogen and oxygen atoms in total. The maximum atomic E-state index is 11.4. The predicted molar refractivity (Wildman–Crippen MR) is 152 cm³/mol. The van der Waals surface area contributed by atoms with Crippen molar-refractivity contribution >= 4 is 0 Å². The van der Waals surface area contributed by atoms with Crippen LogP contribution in [0.1, 0.15) is 131 Å². The molecule has 1 heteroatoms. The van der Waals surface area contributed by atoms with Gasteiger partial charge in [-0.25, -0.2) is 0 Å². The van der Waals surface area contributed by atoms with E-state index in [2.05, 4.69) is 53.7 Å². The number of rotatable bonds is 5. The lowest BCUT2D eigenvalue weighted by Crippen LogP contribution is -2.49. The van der Waals surface area contributed by atoms with E-state index in [9.17, 15) is 5.11 Å². The maximum absolute atomic E-state index is 11.4. The molecule has 0 bridgehead atoms. The topological polar surface area (TPSA) is 20.2 Å². The minimum Gasteiger partial charge on any atom is -0.393 e. The van der Waals surface area contributed by atoms with Crippen molar-refractivity contribution in [2.45, 2.75) is 138 Å². The minimum atomic E-state index is -0.0258. The molecule has 0 amide bonds. The number of aliphatic hydroxyl groups is 1. The second-order valence-electron chi connectivity index (χ2n) is 15.6. The van der Waals surface area contributed by atoms with Crippen LogP contribution in [0.25, 0.3) is 0 Å². The Morgan fingerprint density at radius 2 is 1.64 bits per heavy atom. The van der Waals surface area contributed by atoms with Crippen LogP contribution in [0.3, 0.4) is 0 Å². The SMILES string of the molecule is C/C=C(/CCC(C)C1CCC2C3=CCC4C(C)(CCC(O)C56CCCCC45C6)C3CCC21C)C(C)C. The van der Waals surface area contributed by atoms with Crippen molar-refractivity contribution in [3.63, 3.8) is 0 Å². The summed E-state index contributed by atoms with van der Waals surface area (Å²) in [6.45, 7) is 15.0. The van der Waals surface area contributed by atoms with Crippen molar-refractivity contribution in [1.29, 1.82) is 0 Å². The van der Waals surface area contributed by atoms with Crippen molar-refractivity contribution in [3.05, 3.63) is 23.3 Å². The van der Waals surface area contributed by atoms with Crippen molar-refractivity contribution < 1.29 is 5.11 Å². The fraction of sp³-hybridized carbons (Fsp3) is 0.886. The number of hydrogen-bond donors (Lipinski definition) is 1. The lowest BCUT2D eigenvalue weighted by atomic mass is 9.47. The molecule has 202 valence electrons. The Labute approximate surface area is 223 Å². The number of fused-ring (bicyclic) bond motifs is 5. The van der Waals surface area contributed by atoms with Crippen LogP contribution in [0.4, 0.5) is 0 Å². The average molecular weight is 493 g/mol. The van der Waals surface area contributed by atoms with Gasteiger partial charge in [-0.15, -0.1) is 0 Å². The van der Waals surface area contributed by atoms with Crippen molar-refractivity contribution in [3.8, 4) is 0 Å². The molecule has 0 aromatic carbocycles. The van der Waals surface area contributed by atoms with Crippen LogP contribution in [-0.2, 0) is 0 Å². The van der Waals surface area contributed by atoms with Crippen LogP contribution < -0.4 is 0 Å². The Kier molecular flexibility index (Phi) is 6.23. The Morgan fingerprint density at radius 3 is 2.36 bits per heavy atom. The number of hydrogen-bond acceptors (Lipinski definition) is 1. The third kappa shape index (κ3) is 3.35. The molecule has 0 saturated heterocycles. The van der Waals surface area contributed by atoms with E-state index in [-0.39, 0.29) is 6.10 Å². The van der Waals surface area contributed by atoms with E-state index in [0.29, 0.717) is 27.6 Å². The monoisotopic (exact) mass is 492 g/mol. The molecule has 6 aliphatic carbocycles. The van der Waals surface area contributed by atoms with E-state index in [4.69, 9.17) is 0 Å². The number of allylic oxidation sites excluding steroid dienone is 4. The molecule has 6 rings (SSSR count). The molecule has 10 unspecified atom stereocenters. The highest BCUT2D eigenvalue weighted by molar-refractivity contribution is 5.33. The molecular weight excluding hydrogens is 436 g/mol. The van der Waals surface area contributed by atoms with E-state index in [1.165, 1.54) is 83.5 Å². The fourth-order valence-corrected chi connectivity index (χ4v) is 12.4. The van der Waals surface area contributed by atoms with E-state index in [0.717, 1.165) is 36.0 Å². The summed E-state index contributed by atoms with van der Waals surface area (Å²) in [6, 6.07) is 0. The standard InChI is InChI=1S/C35H56O/c1-7-25(23(2)3)11-10-24(4)27-13-14-28-26-12-15-30-33(6,29(26)16-20-32(27,28)5)21-17-31(36)35-19-9-8-18-34(30,35)22-35/h7,12,23-24,27-31,36H,8-11,13-22H2,1-6H3/b25-7-. The summed E-state index contributed by atoms with van der Waals surface area (Å²) in [7, 11) is 0. The van der Waals surface area contributed by atoms with E-state index >= 15 is 0 Å². The molecule has 10 atom stereocenters. The van der Waals surface area contributed by atoms with E-state index in [1.54, 1.807) is 5.57 Å². The molecule has 5 fully saturated rings. The molecule has 6 aliphatic rings. The van der Waals surface area contributed by atoms with Gasteiger partial charge in [-0.05, 0) is 136 Å². The molecule has 0 aromatic rings. The van der Waals surface area contributed by atoms with Gasteiger partial charge in [-0.1, -0.05) is 70.8 Å². The Bertz CT molecular complexity index is 927. The summed E-state index contributed by atoms with van der Waals surface area (Å²) >= 11 is 0. The zero-order valence-electron chi connectivity index (χ0n) is 24.5. The lowest BCUT2D eigenvalue weighted by Gasteiger charge is -2.57. The molecule has 1 N–H and O–H groups in total. The lowest BCUT2D eigenvalue weighted by molar-refractivity contribution is -0.0268. The quantitative estimate of drug-likeness (QED) is 0.379. The van der Waals surface area contributed by atoms with Gasteiger partial charge in [-0.2, -0.15) is 0 Å². The Morgan fingerprint density at radius 1 is 0.944 bits per heavy atom. The highest BCUT2D eigenvalue weighted by Gasteiger charge is 2.77. The van der Waals surface area contributed by atoms with Crippen molar-refractivity contribution in [1.82, 2.24) is 0 Å². The van der Waals surface area contributed by atoms with Gasteiger partial charge in [0.15, 0.2) is 0 Å². The molecule has 0 aliphatic heterocycles. The normalized spacial score (nSPS) is 50.7. The highest BCUT2D eigenvalue weighted by atomic mass is 16.3. The first kappa shape index (κ1) is 25.7. The third-order valence-corrected chi connectivity index (χ3v) is 14.3. The minimum absolute atomic E-state index is 0.0258. The summed E-state index contributed by atoms with van der Waals surface area (Å²) in [5, 5.41) is 11.4. The second kappa shape index (κ2) is 8.72. The van der Waals surface area contributed by atoms with Gasteiger partial charge >= 0.3 is 0 Å². The van der Waals surface area contributed by atoms with Crippen LogP contribution in [0.15, 0.2) is 23.3 Å². The zero-order chi connectivity index (χ0) is 25.5. The van der Waals surface area contributed by atoms with Gasteiger partial charge in [0.25, 0.3) is 0 Å². The van der Waals surface area contributed by atoms with Crippen LogP contribution in [0, 0.1) is 57.2 Å². The first-order valence-electron chi connectivity index (χ1n) is 16.2. The van der Waals surface area contributed by atoms with Crippen LogP contribution in [-0.4, -0.2) is 11.2 Å². The van der Waals surface area contributed by atoms with Crippen molar-refractivity contribution in [2.24, 2.45) is 57.2 Å². The Hall–Kier alpha value is -0.560. The molecule has 0 radical (unpaired) electrons. The zero-order valence-corrected chi connectivity index (χ0v) is 24.5. The van der Waals surface area contributed by atoms with Crippen LogP contribution in [0.5, 0.6) is 0 Å². The van der Waals surface area contributed by atoms with Gasteiger partial charge in [0.1, 0.15) is 0 Å². The molecule has 0 heterocycles. The first-order chi connectivity index (χ1) is 17.1. The molecule has 0 spiro atoms. The highest BCUT2D eigenvalue weighted by Crippen LogP contribution is 2.82. The maximum Gasteiger partial charge on any atom is 0.0602 e. The summed E-state index contributed by atoms with van der Waals surface area (Å²) in [4.78, 5) is 0. The summed E-state index contributed by atoms with van der Waals surface area (Å²) in [5.74, 6) is 4.86. The molecule has 36 heavy (non-hydrogen) atoms. The second-order valence-corrected chi connectivity index (χ2v) is 15.6. The van der Waals surface area contributed by atoms with Crippen LogP contribution in [0.2, 0.25) is 0 Å². The third-order valence-electron chi connectivity index (χ3n) is 14.3. The number of aliphatic hydroxyl groups excluding tert-OH is 1. The van der Waals surface area contributed by atoms with Gasteiger partial charge in [-0.3, -0.25) is 0 Å². The van der Waals surface area contributed by atoms with Crippen molar-refractivity contribution in [2.75, 3.05) is 0 Å². The van der Waals surface area contributed by atoms with Gasteiger partial charge in [0.2, 0.25) is 0 Å². The Balaban J connectivity index is 1.25. The molecular formula is C35H56O. The largest absolute Gasteiger partial charge is 0.393 e. The average Bonchev–Trinajstić information content (AvgIpc) is 3.44. The van der Waals surface area contributed by atoms with E-state index < -0.39 is 0 Å². The van der Waals surface area contributed by atoms with Gasteiger partial charge < -0.3 is 5.11 Å². The fourth-order valence-electron chi connectivity index (χ4n) is 12.4. The van der Waals surface area contributed by atoms with Gasteiger partial charge in [0, 0.05) is 5.41 Å². The summed E-state index contributed by atoms with van der Waals surface area (Å²) in [5.41, 5.74) is 5.28.